The maximum absolute atomic E-state index is 12.1. The summed E-state index contributed by atoms with van der Waals surface area (Å²) >= 11 is 0. The number of carbonyl (C=O) groups excluding carboxylic acids is 1. The Labute approximate surface area is 114 Å². The molecule has 0 aliphatic heterocycles. The van der Waals surface area contributed by atoms with Crippen molar-refractivity contribution < 1.29 is 18.3 Å². The summed E-state index contributed by atoms with van der Waals surface area (Å²) in [7, 11) is 0. The molecule has 0 saturated heterocycles. The van der Waals surface area contributed by atoms with Crippen molar-refractivity contribution in [2.24, 2.45) is 0 Å². The Morgan fingerprint density at radius 1 is 1.15 bits per heavy atom. The smallest absolute Gasteiger partial charge is 0.387 e. The third-order valence-corrected chi connectivity index (χ3v) is 2.49. The van der Waals surface area contributed by atoms with E-state index in [4.69, 9.17) is 5.73 Å². The highest BCUT2D eigenvalue weighted by Gasteiger charge is 2.09. The van der Waals surface area contributed by atoms with E-state index in [0.717, 1.165) is 0 Å². The number of alkyl halides is 2. The number of carbonyl (C=O) groups is 1. The standard InChI is InChI=1S/C14H12F2N2O2/c15-14(16)20-12-3-1-2-9(8-12)13(19)18-11-6-4-10(17)5-7-11/h1-8,14H,17H2,(H,18,19). The number of nitrogens with one attached hydrogen (secondary N) is 1. The molecule has 0 bridgehead atoms. The first-order valence-corrected chi connectivity index (χ1v) is 5.76. The second kappa shape index (κ2) is 6.01. The number of hydrogen-bond acceptors (Lipinski definition) is 3. The highest BCUT2D eigenvalue weighted by Crippen LogP contribution is 2.17. The lowest BCUT2D eigenvalue weighted by Gasteiger charge is -2.08. The van der Waals surface area contributed by atoms with Crippen LogP contribution in [0.1, 0.15) is 10.4 Å². The summed E-state index contributed by atoms with van der Waals surface area (Å²) in [4.78, 5) is 12.0. The van der Waals surface area contributed by atoms with Crippen molar-refractivity contribution >= 4 is 17.3 Å². The topological polar surface area (TPSA) is 64.3 Å². The first-order valence-electron chi connectivity index (χ1n) is 5.76. The molecular weight excluding hydrogens is 266 g/mol. The molecule has 2 aromatic rings. The van der Waals surface area contributed by atoms with Crippen molar-refractivity contribution in [3.05, 3.63) is 54.1 Å². The van der Waals surface area contributed by atoms with Gasteiger partial charge in [0.2, 0.25) is 0 Å². The zero-order valence-electron chi connectivity index (χ0n) is 10.3. The first kappa shape index (κ1) is 13.8. The third-order valence-electron chi connectivity index (χ3n) is 2.49. The summed E-state index contributed by atoms with van der Waals surface area (Å²) in [5, 5.41) is 2.63. The van der Waals surface area contributed by atoms with E-state index >= 15 is 0 Å². The molecule has 0 radical (unpaired) electrons. The van der Waals surface area contributed by atoms with Gasteiger partial charge in [0, 0.05) is 16.9 Å². The molecule has 0 fully saturated rings. The van der Waals surface area contributed by atoms with Gasteiger partial charge in [-0.2, -0.15) is 8.78 Å². The van der Waals surface area contributed by atoms with Gasteiger partial charge in [0.05, 0.1) is 0 Å². The quantitative estimate of drug-likeness (QED) is 0.844. The average molecular weight is 278 g/mol. The van der Waals surface area contributed by atoms with Crippen LogP contribution in [-0.4, -0.2) is 12.5 Å². The fraction of sp³-hybridized carbons (Fsp3) is 0.0714. The second-order valence-corrected chi connectivity index (χ2v) is 3.98. The van der Waals surface area contributed by atoms with Crippen LogP contribution < -0.4 is 15.8 Å². The largest absolute Gasteiger partial charge is 0.435 e. The molecule has 20 heavy (non-hydrogen) atoms. The van der Waals surface area contributed by atoms with E-state index < -0.39 is 12.5 Å². The number of nitrogens with two attached hydrogens (primary N) is 1. The van der Waals surface area contributed by atoms with Gasteiger partial charge in [-0.15, -0.1) is 0 Å². The van der Waals surface area contributed by atoms with E-state index in [1.54, 1.807) is 24.3 Å². The van der Waals surface area contributed by atoms with Crippen molar-refractivity contribution in [3.8, 4) is 5.75 Å². The van der Waals surface area contributed by atoms with Gasteiger partial charge in [-0.1, -0.05) is 6.07 Å². The minimum absolute atomic E-state index is 0.0649. The average Bonchev–Trinajstić information content (AvgIpc) is 2.41. The lowest BCUT2D eigenvalue weighted by molar-refractivity contribution is -0.0498. The lowest BCUT2D eigenvalue weighted by atomic mass is 10.2. The van der Waals surface area contributed by atoms with Crippen LogP contribution in [-0.2, 0) is 0 Å². The minimum atomic E-state index is -2.93. The summed E-state index contributed by atoms with van der Waals surface area (Å²) in [6.07, 6.45) is 0. The maximum atomic E-state index is 12.1. The fourth-order valence-electron chi connectivity index (χ4n) is 1.58. The van der Waals surface area contributed by atoms with Crippen LogP contribution in [0.5, 0.6) is 5.75 Å². The predicted octanol–water partition coefficient (Wildman–Crippen LogP) is 3.12. The van der Waals surface area contributed by atoms with Crippen molar-refractivity contribution in [1.29, 1.82) is 0 Å². The molecule has 0 heterocycles. The number of halogens is 2. The zero-order chi connectivity index (χ0) is 14.5. The van der Waals surface area contributed by atoms with Gasteiger partial charge in [0.15, 0.2) is 0 Å². The molecule has 0 unspecified atom stereocenters. The van der Waals surface area contributed by atoms with Crippen LogP contribution in [0.4, 0.5) is 20.2 Å². The molecular formula is C14H12F2N2O2. The fourth-order valence-corrected chi connectivity index (χ4v) is 1.58. The lowest BCUT2D eigenvalue weighted by Crippen LogP contribution is -2.12. The van der Waals surface area contributed by atoms with Gasteiger partial charge >= 0.3 is 6.61 Å². The molecule has 1 amide bonds. The summed E-state index contributed by atoms with van der Waals surface area (Å²) in [6.45, 7) is -2.93. The minimum Gasteiger partial charge on any atom is -0.435 e. The number of anilines is 2. The van der Waals surface area contributed by atoms with Crippen LogP contribution in [0.25, 0.3) is 0 Å². The van der Waals surface area contributed by atoms with Crippen LogP contribution in [0.2, 0.25) is 0 Å². The molecule has 3 N–H and O–H groups in total. The van der Waals surface area contributed by atoms with E-state index in [9.17, 15) is 13.6 Å². The van der Waals surface area contributed by atoms with Crippen molar-refractivity contribution in [1.82, 2.24) is 0 Å². The number of benzene rings is 2. The molecule has 0 aromatic heterocycles. The Balaban J connectivity index is 2.10. The SMILES string of the molecule is Nc1ccc(NC(=O)c2cccc(OC(F)F)c2)cc1. The van der Waals surface area contributed by atoms with E-state index in [1.165, 1.54) is 24.3 Å². The monoisotopic (exact) mass is 278 g/mol. The van der Waals surface area contributed by atoms with Crippen molar-refractivity contribution in [2.75, 3.05) is 11.1 Å². The van der Waals surface area contributed by atoms with Crippen LogP contribution in [0.3, 0.4) is 0 Å². The Morgan fingerprint density at radius 2 is 1.85 bits per heavy atom. The second-order valence-electron chi connectivity index (χ2n) is 3.98. The number of rotatable bonds is 4. The Hall–Kier alpha value is -2.63. The molecule has 2 rings (SSSR count). The number of ether oxygens (including phenoxy) is 1. The molecule has 0 aliphatic carbocycles. The van der Waals surface area contributed by atoms with Crippen molar-refractivity contribution in [3.63, 3.8) is 0 Å². The molecule has 0 spiro atoms. The first-order chi connectivity index (χ1) is 9.54. The van der Waals surface area contributed by atoms with Gasteiger partial charge in [-0.05, 0) is 42.5 Å². The highest BCUT2D eigenvalue weighted by molar-refractivity contribution is 6.04. The summed E-state index contributed by atoms with van der Waals surface area (Å²) < 4.78 is 28.4. The Morgan fingerprint density at radius 3 is 2.50 bits per heavy atom. The highest BCUT2D eigenvalue weighted by atomic mass is 19.3. The van der Waals surface area contributed by atoms with E-state index in [2.05, 4.69) is 10.1 Å². The van der Waals surface area contributed by atoms with Gasteiger partial charge < -0.3 is 15.8 Å². The van der Waals surface area contributed by atoms with Crippen molar-refractivity contribution in [2.45, 2.75) is 6.61 Å². The van der Waals surface area contributed by atoms with Gasteiger partial charge in [-0.3, -0.25) is 4.79 Å². The summed E-state index contributed by atoms with van der Waals surface area (Å²) in [6, 6.07) is 12.2. The van der Waals surface area contributed by atoms with E-state index in [0.29, 0.717) is 11.4 Å². The van der Waals surface area contributed by atoms with Gasteiger partial charge in [0.1, 0.15) is 5.75 Å². The Bertz CT molecular complexity index is 600. The van der Waals surface area contributed by atoms with Crippen LogP contribution in [0.15, 0.2) is 48.5 Å². The Kier molecular flexibility index (Phi) is 4.14. The molecule has 104 valence electrons. The number of hydrogen-bond donors (Lipinski definition) is 2. The molecule has 0 atom stereocenters. The van der Waals surface area contributed by atoms with Gasteiger partial charge in [0.25, 0.3) is 5.91 Å². The normalized spacial score (nSPS) is 10.3. The zero-order valence-corrected chi connectivity index (χ0v) is 10.3. The number of amides is 1. The molecule has 4 nitrogen and oxygen atoms in total. The van der Waals surface area contributed by atoms with Gasteiger partial charge in [-0.25, -0.2) is 0 Å². The number of nitrogen functional groups attached to an aromatic ring is 1. The predicted molar refractivity (Wildman–Crippen MR) is 71.9 cm³/mol. The maximum Gasteiger partial charge on any atom is 0.387 e. The van der Waals surface area contributed by atoms with Crippen LogP contribution >= 0.6 is 0 Å². The summed E-state index contributed by atoms with van der Waals surface area (Å²) in [5.74, 6) is -0.487. The van der Waals surface area contributed by atoms with E-state index in [-0.39, 0.29) is 11.3 Å². The van der Waals surface area contributed by atoms with E-state index in [1.807, 2.05) is 0 Å². The summed E-state index contributed by atoms with van der Waals surface area (Å²) in [5.41, 5.74) is 6.90. The third kappa shape index (κ3) is 3.68. The molecule has 2 aromatic carbocycles. The molecule has 0 aliphatic rings. The van der Waals surface area contributed by atoms with Crippen LogP contribution in [0, 0.1) is 0 Å². The molecule has 0 saturated carbocycles. The molecule has 6 heteroatoms.